The monoisotopic (exact) mass is 644 g/mol. The quantitative estimate of drug-likeness (QED) is 0.0772. The second-order valence-corrected chi connectivity index (χ2v) is 15.2. The predicted octanol–water partition coefficient (Wildman–Crippen LogP) is 9.98. The Labute approximate surface area is 282 Å². The first-order chi connectivity index (χ1) is 21.8. The van der Waals surface area contributed by atoms with Gasteiger partial charge in [-0.05, 0) is 137 Å². The number of allylic oxidation sites excluding steroid dienone is 9. The molecule has 6 nitrogen and oxygen atoms in total. The molecule has 0 spiro atoms. The summed E-state index contributed by atoms with van der Waals surface area (Å²) in [5, 5.41) is 22.7. The normalized spacial score (nSPS) is 26.5. The average Bonchev–Trinajstić information content (AvgIpc) is 2.96. The molecule has 47 heavy (non-hydrogen) atoms. The summed E-state index contributed by atoms with van der Waals surface area (Å²) in [6.07, 6.45) is 10.4. The third-order valence-corrected chi connectivity index (χ3v) is 10.1. The zero-order valence-electron chi connectivity index (χ0n) is 30.5. The minimum atomic E-state index is -1.59. The van der Waals surface area contributed by atoms with Crippen molar-refractivity contribution in [2.45, 2.75) is 121 Å². The van der Waals surface area contributed by atoms with Gasteiger partial charge in [0.05, 0.1) is 11.5 Å². The van der Waals surface area contributed by atoms with E-state index in [1.807, 2.05) is 81.4 Å². The number of aromatic hydroxyl groups is 1. The molecular formula is C41H56O6. The fourth-order valence-corrected chi connectivity index (χ4v) is 7.47. The van der Waals surface area contributed by atoms with E-state index in [1.54, 1.807) is 0 Å². The Morgan fingerprint density at radius 1 is 0.872 bits per heavy atom. The Balaban J connectivity index is 2.48. The summed E-state index contributed by atoms with van der Waals surface area (Å²) < 4.78 is 5.67. The van der Waals surface area contributed by atoms with Gasteiger partial charge >= 0.3 is 0 Å². The van der Waals surface area contributed by atoms with E-state index in [9.17, 15) is 15.0 Å². The molecule has 0 heterocycles. The van der Waals surface area contributed by atoms with Gasteiger partial charge in [-0.15, -0.1) is 0 Å². The van der Waals surface area contributed by atoms with Crippen LogP contribution in [0.15, 0.2) is 70.4 Å². The van der Waals surface area contributed by atoms with Crippen LogP contribution in [0.4, 0.5) is 0 Å². The van der Waals surface area contributed by atoms with E-state index in [1.165, 1.54) is 18.2 Å². The minimum Gasteiger partial charge on any atom is -0.506 e. The van der Waals surface area contributed by atoms with Gasteiger partial charge in [0.1, 0.15) is 16.7 Å². The van der Waals surface area contributed by atoms with Gasteiger partial charge in [-0.25, -0.2) is 0 Å². The van der Waals surface area contributed by atoms with Crippen molar-refractivity contribution in [2.75, 3.05) is 0 Å². The van der Waals surface area contributed by atoms with Gasteiger partial charge in [0.25, 0.3) is 0 Å². The maximum absolute atomic E-state index is 15.3. The van der Waals surface area contributed by atoms with Crippen LogP contribution in [0.1, 0.15) is 120 Å². The second kappa shape index (κ2) is 14.6. The number of aliphatic hydroxyl groups excluding tert-OH is 1. The molecule has 0 aliphatic heterocycles. The third-order valence-electron chi connectivity index (χ3n) is 10.1. The lowest BCUT2D eigenvalue weighted by Gasteiger charge is -2.61. The van der Waals surface area contributed by atoms with Crippen molar-refractivity contribution < 1.29 is 29.3 Å². The number of hydrogen-bond donors (Lipinski definition) is 2. The van der Waals surface area contributed by atoms with E-state index < -0.39 is 33.6 Å². The molecule has 1 aromatic rings. The average molecular weight is 645 g/mol. The van der Waals surface area contributed by atoms with Crippen LogP contribution < -0.4 is 4.74 Å². The van der Waals surface area contributed by atoms with Crippen LogP contribution in [0.5, 0.6) is 11.5 Å². The summed E-state index contributed by atoms with van der Waals surface area (Å²) in [6, 6.07) is 4.36. The van der Waals surface area contributed by atoms with Crippen molar-refractivity contribution in [3.05, 3.63) is 75.9 Å². The Morgan fingerprint density at radius 3 is 1.98 bits per heavy atom. The zero-order valence-corrected chi connectivity index (χ0v) is 30.5. The first-order valence-corrected chi connectivity index (χ1v) is 16.9. The van der Waals surface area contributed by atoms with Crippen LogP contribution in [0.25, 0.3) is 5.76 Å². The number of phenolic OH excluding ortho intramolecular Hbond substituents is 1. The Bertz CT molecular complexity index is 1550. The van der Waals surface area contributed by atoms with Gasteiger partial charge < -0.3 is 14.9 Å². The molecule has 2 aliphatic carbocycles. The van der Waals surface area contributed by atoms with Crippen LogP contribution in [-0.4, -0.2) is 33.7 Å². The lowest BCUT2D eigenvalue weighted by Crippen LogP contribution is -2.70. The number of fused-ring (bicyclic) bond motifs is 2. The highest BCUT2D eigenvalue weighted by Gasteiger charge is 2.74. The van der Waals surface area contributed by atoms with Crippen molar-refractivity contribution in [1.82, 2.24) is 0 Å². The molecule has 2 aliphatic rings. The number of Topliss-reactive ketones (excluding diaryl/α,β-unsaturated/α-hetero) is 3. The van der Waals surface area contributed by atoms with Crippen molar-refractivity contribution in [3.63, 3.8) is 0 Å². The van der Waals surface area contributed by atoms with Crippen molar-refractivity contribution >= 4 is 23.1 Å². The number of carbonyl (C=O) groups excluding carboxylic acids is 3. The highest BCUT2D eigenvalue weighted by atomic mass is 16.5. The molecule has 1 aromatic carbocycles. The number of ether oxygens (including phenoxy) is 1. The highest BCUT2D eigenvalue weighted by molar-refractivity contribution is 6.41. The lowest BCUT2D eigenvalue weighted by molar-refractivity contribution is -0.178. The van der Waals surface area contributed by atoms with Crippen LogP contribution >= 0.6 is 0 Å². The minimum absolute atomic E-state index is 0.116. The van der Waals surface area contributed by atoms with Gasteiger partial charge in [-0.2, -0.15) is 0 Å². The van der Waals surface area contributed by atoms with E-state index in [0.717, 1.165) is 22.3 Å². The van der Waals surface area contributed by atoms with Gasteiger partial charge in [0.15, 0.2) is 28.8 Å². The molecule has 0 saturated heterocycles. The summed E-state index contributed by atoms with van der Waals surface area (Å²) in [4.78, 5) is 45.4. The number of carbonyl (C=O) groups is 3. The van der Waals surface area contributed by atoms with E-state index in [0.29, 0.717) is 19.3 Å². The van der Waals surface area contributed by atoms with Crippen LogP contribution in [-0.2, 0) is 14.4 Å². The van der Waals surface area contributed by atoms with E-state index in [-0.39, 0.29) is 59.7 Å². The SMILES string of the molecule is CC(C)=CCC[C@]1(C)[C@@H](CC=C(C)C)C[C@@]2(CC=C(C)C)C(=O)C(=C(O)c3ccc(OC(C)C)c(O)c3)C(=O)[C@]1(CC=C(C)C)C2=O. The van der Waals surface area contributed by atoms with Gasteiger partial charge in [0.2, 0.25) is 0 Å². The Morgan fingerprint density at radius 2 is 1.45 bits per heavy atom. The first kappa shape index (κ1) is 37.8. The molecule has 0 radical (unpaired) electrons. The van der Waals surface area contributed by atoms with E-state index >= 15 is 9.59 Å². The summed E-state index contributed by atoms with van der Waals surface area (Å²) in [6.45, 7) is 21.6. The van der Waals surface area contributed by atoms with Crippen molar-refractivity contribution in [1.29, 1.82) is 0 Å². The second-order valence-electron chi connectivity index (χ2n) is 15.2. The summed E-state index contributed by atoms with van der Waals surface area (Å²) in [5.41, 5.74) is 0.0381. The van der Waals surface area contributed by atoms with Crippen molar-refractivity contribution in [2.24, 2.45) is 22.2 Å². The fraction of sp³-hybridized carbons (Fsp3) is 0.537. The topological polar surface area (TPSA) is 101 Å². The fourth-order valence-electron chi connectivity index (χ4n) is 7.47. The predicted molar refractivity (Wildman–Crippen MR) is 190 cm³/mol. The van der Waals surface area contributed by atoms with Gasteiger partial charge in [-0.3, -0.25) is 14.4 Å². The number of hydrogen-bond acceptors (Lipinski definition) is 6. The van der Waals surface area contributed by atoms with Crippen LogP contribution in [0, 0.1) is 22.2 Å². The third kappa shape index (κ3) is 7.27. The molecule has 6 heteroatoms. The molecule has 0 amide bonds. The number of benzene rings is 1. The molecule has 2 N–H and O–H groups in total. The smallest absolute Gasteiger partial charge is 0.184 e. The van der Waals surface area contributed by atoms with Gasteiger partial charge in [0, 0.05) is 5.56 Å². The number of aliphatic hydroxyl groups is 1. The maximum atomic E-state index is 15.3. The van der Waals surface area contributed by atoms with Crippen LogP contribution in [0.3, 0.4) is 0 Å². The number of rotatable bonds is 12. The molecule has 0 unspecified atom stereocenters. The van der Waals surface area contributed by atoms with Gasteiger partial charge in [-0.1, -0.05) is 53.5 Å². The first-order valence-electron chi connectivity index (χ1n) is 16.9. The molecule has 2 fully saturated rings. The highest BCUT2D eigenvalue weighted by Crippen LogP contribution is 2.67. The summed E-state index contributed by atoms with van der Waals surface area (Å²) in [5.74, 6) is -2.25. The molecule has 256 valence electrons. The largest absolute Gasteiger partial charge is 0.506 e. The number of ketones is 3. The summed E-state index contributed by atoms with van der Waals surface area (Å²) in [7, 11) is 0. The molecule has 0 aromatic heterocycles. The molecule has 2 bridgehead atoms. The molecule has 3 rings (SSSR count). The zero-order chi connectivity index (χ0) is 35.5. The van der Waals surface area contributed by atoms with E-state index in [2.05, 4.69) is 19.1 Å². The molecule has 2 saturated carbocycles. The van der Waals surface area contributed by atoms with Crippen molar-refractivity contribution in [3.8, 4) is 11.5 Å². The molecule has 4 atom stereocenters. The lowest BCUT2D eigenvalue weighted by atomic mass is 9.37. The Hall–Kier alpha value is -3.67. The Kier molecular flexibility index (Phi) is 11.8. The van der Waals surface area contributed by atoms with E-state index in [4.69, 9.17) is 4.74 Å². The standard InChI is InChI=1S/C41H56O6/c1-25(2)13-12-20-39(11)31(16-14-26(3)4)24-40(21-18-27(5)6)36(44)34(37(45)41(39,38(40)46)22-19-28(7)8)35(43)30-15-17-33(32(42)23-30)47-29(9)10/h13-15,17-19,23,29,31,42-43H,12,16,20-22,24H2,1-11H3/t31-,39+,40-,41+/m0/s1. The molecular weight excluding hydrogens is 588 g/mol. The van der Waals surface area contributed by atoms with Crippen LogP contribution in [0.2, 0.25) is 0 Å². The maximum Gasteiger partial charge on any atom is 0.184 e. The number of phenols is 1. The summed E-state index contributed by atoms with van der Waals surface area (Å²) >= 11 is 0.